The van der Waals surface area contributed by atoms with Crippen LogP contribution in [0.3, 0.4) is 0 Å². The van der Waals surface area contributed by atoms with E-state index < -0.39 is 17.7 Å². The van der Waals surface area contributed by atoms with Gasteiger partial charge in [-0.1, -0.05) is 12.8 Å². The highest BCUT2D eigenvalue weighted by molar-refractivity contribution is 8.00. The van der Waals surface area contributed by atoms with E-state index in [0.717, 1.165) is 37.8 Å². The van der Waals surface area contributed by atoms with Gasteiger partial charge in [0.15, 0.2) is 0 Å². The normalized spacial score (nSPS) is 16.8. The van der Waals surface area contributed by atoms with Crippen LogP contribution in [0.2, 0.25) is 0 Å². The smallest absolute Gasteiger partial charge is 0.416 e. The van der Waals surface area contributed by atoms with Gasteiger partial charge in [0.2, 0.25) is 0 Å². The van der Waals surface area contributed by atoms with E-state index >= 15 is 0 Å². The number of aromatic carboxylic acids is 1. The Morgan fingerprint density at radius 3 is 2.42 bits per heavy atom. The van der Waals surface area contributed by atoms with Crippen molar-refractivity contribution in [3.8, 4) is 0 Å². The van der Waals surface area contributed by atoms with Gasteiger partial charge in [0, 0.05) is 10.1 Å². The third kappa shape index (κ3) is 3.43. The van der Waals surface area contributed by atoms with E-state index in [1.165, 1.54) is 17.8 Å². The number of hydrogen-bond donors (Lipinski definition) is 1. The second-order valence-electron chi connectivity index (χ2n) is 4.54. The number of carboxylic acids is 1. The summed E-state index contributed by atoms with van der Waals surface area (Å²) in [6.07, 6.45) is -0.336. The molecule has 6 heteroatoms. The van der Waals surface area contributed by atoms with E-state index in [9.17, 15) is 18.0 Å². The summed E-state index contributed by atoms with van der Waals surface area (Å²) in [5.41, 5.74) is -1.17. The topological polar surface area (TPSA) is 37.3 Å². The molecule has 0 atom stereocenters. The van der Waals surface area contributed by atoms with Crippen molar-refractivity contribution in [3.05, 3.63) is 29.3 Å². The largest absolute Gasteiger partial charge is 0.478 e. The second-order valence-corrected chi connectivity index (χ2v) is 5.88. The summed E-state index contributed by atoms with van der Waals surface area (Å²) in [6.45, 7) is 0. The molecule has 0 aliphatic heterocycles. The van der Waals surface area contributed by atoms with Gasteiger partial charge in [-0.2, -0.15) is 13.2 Å². The molecule has 0 radical (unpaired) electrons. The van der Waals surface area contributed by atoms with Gasteiger partial charge in [-0.15, -0.1) is 11.8 Å². The lowest BCUT2D eigenvalue weighted by molar-refractivity contribution is -0.137. The van der Waals surface area contributed by atoms with Crippen LogP contribution in [-0.4, -0.2) is 16.3 Å². The Morgan fingerprint density at radius 1 is 1.26 bits per heavy atom. The Kier molecular flexibility index (Phi) is 4.08. The minimum atomic E-state index is -4.51. The molecule has 1 aliphatic carbocycles. The summed E-state index contributed by atoms with van der Waals surface area (Å²) in [5.74, 6) is -1.31. The molecule has 0 saturated heterocycles. The second kappa shape index (κ2) is 5.45. The molecule has 0 amide bonds. The fourth-order valence-corrected chi connectivity index (χ4v) is 3.51. The molecule has 1 N–H and O–H groups in total. The molecule has 0 aromatic heterocycles. The first-order valence-electron chi connectivity index (χ1n) is 5.99. The number of hydrogen-bond acceptors (Lipinski definition) is 2. The molecule has 104 valence electrons. The molecule has 2 nitrogen and oxygen atoms in total. The van der Waals surface area contributed by atoms with Crippen molar-refractivity contribution in [2.45, 2.75) is 42.0 Å². The number of halogens is 3. The zero-order valence-electron chi connectivity index (χ0n) is 10.0. The van der Waals surface area contributed by atoms with Crippen LogP contribution in [0.25, 0.3) is 0 Å². The van der Waals surface area contributed by atoms with Gasteiger partial charge in [0.25, 0.3) is 0 Å². The summed E-state index contributed by atoms with van der Waals surface area (Å²) in [4.78, 5) is 11.5. The average molecular weight is 290 g/mol. The minimum Gasteiger partial charge on any atom is -0.478 e. The number of rotatable bonds is 3. The van der Waals surface area contributed by atoms with E-state index in [2.05, 4.69) is 0 Å². The van der Waals surface area contributed by atoms with Crippen LogP contribution < -0.4 is 0 Å². The molecular weight excluding hydrogens is 277 g/mol. The third-order valence-corrected chi connectivity index (χ3v) is 4.55. The van der Waals surface area contributed by atoms with E-state index in [4.69, 9.17) is 5.11 Å². The zero-order chi connectivity index (χ0) is 14.0. The van der Waals surface area contributed by atoms with Crippen LogP contribution in [0, 0.1) is 0 Å². The fraction of sp³-hybridized carbons (Fsp3) is 0.462. The Bertz CT molecular complexity index is 479. The van der Waals surface area contributed by atoms with Gasteiger partial charge in [-0.05, 0) is 31.0 Å². The molecule has 1 aromatic carbocycles. The number of benzene rings is 1. The van der Waals surface area contributed by atoms with Gasteiger partial charge >= 0.3 is 12.1 Å². The first-order valence-corrected chi connectivity index (χ1v) is 6.87. The maximum absolute atomic E-state index is 12.6. The Labute approximate surface area is 113 Å². The summed E-state index contributed by atoms with van der Waals surface area (Å²) >= 11 is 1.38. The predicted molar refractivity (Wildman–Crippen MR) is 66.5 cm³/mol. The Hall–Kier alpha value is -1.17. The number of carboxylic acid groups (broad SMARTS) is 1. The quantitative estimate of drug-likeness (QED) is 0.894. The van der Waals surface area contributed by atoms with Gasteiger partial charge in [0.1, 0.15) is 0 Å². The molecule has 1 fully saturated rings. The third-order valence-electron chi connectivity index (χ3n) is 3.13. The maximum atomic E-state index is 12.6. The first kappa shape index (κ1) is 14.2. The number of thioether (sulfide) groups is 1. The lowest BCUT2D eigenvalue weighted by Crippen LogP contribution is -2.09. The summed E-state index contributed by atoms with van der Waals surface area (Å²) in [5, 5.41) is 9.36. The van der Waals surface area contributed by atoms with Crippen LogP contribution in [0.4, 0.5) is 13.2 Å². The standard InChI is InChI=1S/C13H13F3O2S/c14-13(15,16)8-5-6-11(10(7-8)12(17)18)19-9-3-1-2-4-9/h5-7,9H,1-4H2,(H,17,18). The highest BCUT2D eigenvalue weighted by Gasteiger charge is 2.32. The predicted octanol–water partition coefficient (Wildman–Crippen LogP) is 4.44. The number of alkyl halides is 3. The van der Waals surface area contributed by atoms with Crippen molar-refractivity contribution in [1.29, 1.82) is 0 Å². The van der Waals surface area contributed by atoms with Crippen LogP contribution in [-0.2, 0) is 6.18 Å². The van der Waals surface area contributed by atoms with Crippen molar-refractivity contribution < 1.29 is 23.1 Å². The minimum absolute atomic E-state index is 0.258. The first-order chi connectivity index (χ1) is 8.88. The zero-order valence-corrected chi connectivity index (χ0v) is 10.9. The van der Waals surface area contributed by atoms with Crippen molar-refractivity contribution >= 4 is 17.7 Å². The van der Waals surface area contributed by atoms with E-state index in [0.29, 0.717) is 10.1 Å². The van der Waals surface area contributed by atoms with Crippen LogP contribution in [0.1, 0.15) is 41.6 Å². The fourth-order valence-electron chi connectivity index (χ4n) is 2.16. The Balaban J connectivity index is 2.29. The lowest BCUT2D eigenvalue weighted by atomic mass is 10.1. The van der Waals surface area contributed by atoms with E-state index in [-0.39, 0.29) is 5.56 Å². The van der Waals surface area contributed by atoms with Crippen molar-refractivity contribution in [3.63, 3.8) is 0 Å². The monoisotopic (exact) mass is 290 g/mol. The molecule has 1 aliphatic rings. The Morgan fingerprint density at radius 2 is 1.89 bits per heavy atom. The summed E-state index contributed by atoms with van der Waals surface area (Å²) < 4.78 is 37.7. The maximum Gasteiger partial charge on any atom is 0.416 e. The van der Waals surface area contributed by atoms with Gasteiger partial charge in [-0.25, -0.2) is 4.79 Å². The van der Waals surface area contributed by atoms with Crippen LogP contribution >= 0.6 is 11.8 Å². The van der Waals surface area contributed by atoms with E-state index in [1.807, 2.05) is 0 Å². The number of carbonyl (C=O) groups is 1. The van der Waals surface area contributed by atoms with Crippen molar-refractivity contribution in [1.82, 2.24) is 0 Å². The molecule has 19 heavy (non-hydrogen) atoms. The summed E-state index contributed by atoms with van der Waals surface area (Å²) in [7, 11) is 0. The average Bonchev–Trinajstić information content (AvgIpc) is 2.80. The summed E-state index contributed by atoms with van der Waals surface area (Å²) in [6, 6.07) is 2.94. The van der Waals surface area contributed by atoms with Gasteiger partial charge < -0.3 is 5.11 Å². The SMILES string of the molecule is O=C(O)c1cc(C(F)(F)F)ccc1SC1CCCC1. The van der Waals surface area contributed by atoms with E-state index in [1.54, 1.807) is 0 Å². The van der Waals surface area contributed by atoms with Crippen LogP contribution in [0.15, 0.2) is 23.1 Å². The van der Waals surface area contributed by atoms with Gasteiger partial charge in [0.05, 0.1) is 11.1 Å². The van der Waals surface area contributed by atoms with Crippen molar-refractivity contribution in [2.24, 2.45) is 0 Å². The van der Waals surface area contributed by atoms with Crippen LogP contribution in [0.5, 0.6) is 0 Å². The molecule has 0 bridgehead atoms. The molecule has 1 saturated carbocycles. The molecule has 0 spiro atoms. The highest BCUT2D eigenvalue weighted by Crippen LogP contribution is 2.38. The van der Waals surface area contributed by atoms with Crippen molar-refractivity contribution in [2.75, 3.05) is 0 Å². The highest BCUT2D eigenvalue weighted by atomic mass is 32.2. The molecule has 0 unspecified atom stereocenters. The molecule has 1 aromatic rings. The molecule has 0 heterocycles. The molecular formula is C13H13F3O2S. The van der Waals surface area contributed by atoms with Gasteiger partial charge in [-0.3, -0.25) is 0 Å². The molecule has 2 rings (SSSR count). The lowest BCUT2D eigenvalue weighted by Gasteiger charge is -2.13.